The van der Waals surface area contributed by atoms with Crippen LogP contribution in [0.5, 0.6) is 5.75 Å². The van der Waals surface area contributed by atoms with Crippen LogP contribution in [0.1, 0.15) is 5.56 Å². The number of esters is 1. The van der Waals surface area contributed by atoms with Gasteiger partial charge >= 0.3 is 5.97 Å². The summed E-state index contributed by atoms with van der Waals surface area (Å²) in [7, 11) is 1.34. The average Bonchev–Trinajstić information content (AvgIpc) is 2.36. The normalized spacial score (nSPS) is 13.9. The molecule has 2 rings (SSSR count). The van der Waals surface area contributed by atoms with Crippen molar-refractivity contribution in [1.82, 2.24) is 4.72 Å². The Hall–Kier alpha value is -1.62. The summed E-state index contributed by atoms with van der Waals surface area (Å²) in [6, 6.07) is 7.44. The van der Waals surface area contributed by atoms with Crippen molar-refractivity contribution in [3.63, 3.8) is 0 Å². The molecule has 5 heteroatoms. The lowest BCUT2D eigenvalue weighted by Crippen LogP contribution is -2.22. The molecule has 1 aromatic rings. The fraction of sp³-hybridized carbons (Fsp3) is 0.182. The summed E-state index contributed by atoms with van der Waals surface area (Å²) in [4.78, 5) is 11.5. The highest BCUT2D eigenvalue weighted by molar-refractivity contribution is 7.78. The lowest BCUT2D eigenvalue weighted by atomic mass is 10.0. The first kappa shape index (κ1) is 10.9. The second kappa shape index (κ2) is 4.49. The minimum Gasteiger partial charge on any atom is -0.488 e. The summed E-state index contributed by atoms with van der Waals surface area (Å²) in [6.07, 6.45) is 0. The zero-order valence-corrected chi connectivity index (χ0v) is 9.58. The number of hydrogen-bond donors (Lipinski definition) is 2. The third-order valence-electron chi connectivity index (χ3n) is 2.37. The third kappa shape index (κ3) is 1.74. The van der Waals surface area contributed by atoms with Gasteiger partial charge in [-0.25, -0.2) is 4.79 Å². The second-order valence-electron chi connectivity index (χ2n) is 3.24. The van der Waals surface area contributed by atoms with Crippen LogP contribution < -0.4 is 9.46 Å². The van der Waals surface area contributed by atoms with E-state index in [4.69, 9.17) is 4.74 Å². The van der Waals surface area contributed by atoms with Gasteiger partial charge < -0.3 is 14.2 Å². The van der Waals surface area contributed by atoms with Gasteiger partial charge in [-0.1, -0.05) is 24.9 Å². The number of ether oxygens (including phenoxy) is 2. The van der Waals surface area contributed by atoms with Crippen LogP contribution in [-0.4, -0.2) is 19.7 Å². The molecule has 0 spiro atoms. The highest BCUT2D eigenvalue weighted by atomic mass is 32.1. The summed E-state index contributed by atoms with van der Waals surface area (Å²) in [5, 5.41) is 0. The molecule has 16 heavy (non-hydrogen) atoms. The Balaban J connectivity index is 2.53. The largest absolute Gasteiger partial charge is 0.488 e. The van der Waals surface area contributed by atoms with Gasteiger partial charge in [0, 0.05) is 5.56 Å². The number of rotatable bonds is 2. The monoisotopic (exact) mass is 237 g/mol. The molecule has 1 aliphatic heterocycles. The van der Waals surface area contributed by atoms with Gasteiger partial charge in [-0.2, -0.15) is 0 Å². The van der Waals surface area contributed by atoms with E-state index in [0.717, 1.165) is 11.3 Å². The molecule has 1 aromatic carbocycles. The number of thiol groups is 1. The van der Waals surface area contributed by atoms with Gasteiger partial charge in [-0.05, 0) is 12.1 Å². The molecule has 0 bridgehead atoms. The molecule has 0 saturated heterocycles. The maximum Gasteiger partial charge on any atom is 0.339 e. The van der Waals surface area contributed by atoms with E-state index in [1.807, 2.05) is 24.3 Å². The van der Waals surface area contributed by atoms with Crippen molar-refractivity contribution in [1.29, 1.82) is 0 Å². The topological polar surface area (TPSA) is 47.6 Å². The van der Waals surface area contributed by atoms with Gasteiger partial charge in [0.05, 0.1) is 18.4 Å². The van der Waals surface area contributed by atoms with Crippen LogP contribution in [0, 0.1) is 0 Å². The van der Waals surface area contributed by atoms with Gasteiger partial charge in [0.25, 0.3) is 0 Å². The van der Waals surface area contributed by atoms with Crippen LogP contribution in [0.25, 0.3) is 5.70 Å². The fourth-order valence-electron chi connectivity index (χ4n) is 1.60. The average molecular weight is 237 g/mol. The van der Waals surface area contributed by atoms with Gasteiger partial charge in [0.15, 0.2) is 0 Å². The molecule has 0 aromatic heterocycles. The van der Waals surface area contributed by atoms with Crippen molar-refractivity contribution in [2.75, 3.05) is 13.7 Å². The molecule has 0 amide bonds. The Labute approximate surface area is 98.8 Å². The predicted octanol–water partition coefficient (Wildman–Crippen LogP) is 1.40. The predicted molar refractivity (Wildman–Crippen MR) is 63.0 cm³/mol. The maximum atomic E-state index is 11.5. The Bertz CT molecular complexity index is 456. The molecule has 4 nitrogen and oxygen atoms in total. The highest BCUT2D eigenvalue weighted by Gasteiger charge is 2.24. The first-order valence-electron chi connectivity index (χ1n) is 4.71. The van der Waals surface area contributed by atoms with Crippen LogP contribution >= 0.6 is 12.8 Å². The molecule has 0 atom stereocenters. The van der Waals surface area contributed by atoms with E-state index in [0.29, 0.717) is 11.3 Å². The smallest absolute Gasteiger partial charge is 0.339 e. The number of benzene rings is 1. The minimum atomic E-state index is -0.411. The summed E-state index contributed by atoms with van der Waals surface area (Å²) in [6.45, 7) is 0.187. The summed E-state index contributed by atoms with van der Waals surface area (Å²) >= 11 is 4.01. The van der Waals surface area contributed by atoms with Crippen molar-refractivity contribution in [3.05, 3.63) is 35.4 Å². The van der Waals surface area contributed by atoms with E-state index in [1.165, 1.54) is 7.11 Å². The number of carbonyl (C=O) groups is 1. The summed E-state index contributed by atoms with van der Waals surface area (Å²) in [5.74, 6) is 0.317. The Morgan fingerprint density at radius 3 is 2.94 bits per heavy atom. The molecule has 1 aliphatic rings. The lowest BCUT2D eigenvalue weighted by molar-refractivity contribution is -0.136. The van der Waals surface area contributed by atoms with E-state index in [-0.39, 0.29) is 6.61 Å². The second-order valence-corrected chi connectivity index (χ2v) is 3.47. The van der Waals surface area contributed by atoms with E-state index < -0.39 is 5.97 Å². The maximum absolute atomic E-state index is 11.5. The number of para-hydroxylation sites is 1. The molecule has 84 valence electrons. The standard InChI is InChI=1S/C11H11NO3S/c1-14-11(13)8-6-15-9-5-3-2-4-7(9)10(8)12-16/h2-5,12,16H,6H2,1H3. The summed E-state index contributed by atoms with van der Waals surface area (Å²) in [5.41, 5.74) is 1.89. The number of carbonyl (C=O) groups excluding carboxylic acids is 1. The van der Waals surface area contributed by atoms with Crippen LogP contribution in [0.4, 0.5) is 0 Å². The Morgan fingerprint density at radius 1 is 1.50 bits per heavy atom. The quantitative estimate of drug-likeness (QED) is 0.603. The van der Waals surface area contributed by atoms with Crippen LogP contribution in [0.3, 0.4) is 0 Å². The molecule has 0 saturated carbocycles. The van der Waals surface area contributed by atoms with E-state index in [9.17, 15) is 4.79 Å². The molecule has 1 heterocycles. The number of fused-ring (bicyclic) bond motifs is 1. The van der Waals surface area contributed by atoms with E-state index in [1.54, 1.807) is 0 Å². The number of methoxy groups -OCH3 is 1. The van der Waals surface area contributed by atoms with Crippen molar-refractivity contribution >= 4 is 24.5 Å². The molecule has 0 radical (unpaired) electrons. The number of nitrogens with one attached hydrogen (secondary N) is 1. The van der Waals surface area contributed by atoms with Gasteiger partial charge in [0.1, 0.15) is 12.4 Å². The van der Waals surface area contributed by atoms with E-state index in [2.05, 4.69) is 22.3 Å². The SMILES string of the molecule is COC(=O)C1=C(NS)c2ccccc2OC1. The van der Waals surface area contributed by atoms with Crippen molar-refractivity contribution < 1.29 is 14.3 Å². The first-order chi connectivity index (χ1) is 7.77. The van der Waals surface area contributed by atoms with Crippen LogP contribution in [-0.2, 0) is 9.53 Å². The van der Waals surface area contributed by atoms with Gasteiger partial charge in [-0.3, -0.25) is 0 Å². The highest BCUT2D eigenvalue weighted by Crippen LogP contribution is 2.31. The minimum absolute atomic E-state index is 0.187. The molecular weight excluding hydrogens is 226 g/mol. The first-order valence-corrected chi connectivity index (χ1v) is 5.16. The Kier molecular flexibility index (Phi) is 3.05. The van der Waals surface area contributed by atoms with Gasteiger partial charge in [-0.15, -0.1) is 0 Å². The molecular formula is C11H11NO3S. The molecule has 0 fully saturated rings. The summed E-state index contributed by atoms with van der Waals surface area (Å²) < 4.78 is 12.9. The zero-order valence-electron chi connectivity index (χ0n) is 8.69. The van der Waals surface area contributed by atoms with E-state index >= 15 is 0 Å². The van der Waals surface area contributed by atoms with Gasteiger partial charge in [0.2, 0.25) is 0 Å². The Morgan fingerprint density at radius 2 is 2.25 bits per heavy atom. The zero-order chi connectivity index (χ0) is 11.5. The van der Waals surface area contributed by atoms with Crippen molar-refractivity contribution in [2.24, 2.45) is 0 Å². The van der Waals surface area contributed by atoms with Crippen LogP contribution in [0.2, 0.25) is 0 Å². The number of hydrogen-bond acceptors (Lipinski definition) is 5. The van der Waals surface area contributed by atoms with Crippen molar-refractivity contribution in [3.8, 4) is 5.75 Å². The lowest BCUT2D eigenvalue weighted by Gasteiger charge is -2.21. The molecule has 0 unspecified atom stereocenters. The third-order valence-corrected chi connectivity index (χ3v) is 2.60. The van der Waals surface area contributed by atoms with Crippen LogP contribution in [0.15, 0.2) is 29.8 Å². The van der Waals surface area contributed by atoms with Crippen molar-refractivity contribution in [2.45, 2.75) is 0 Å². The molecule has 0 aliphatic carbocycles. The molecule has 1 N–H and O–H groups in total. The fourth-order valence-corrected chi connectivity index (χ4v) is 1.85.